The minimum atomic E-state index is -3.60. The van der Waals surface area contributed by atoms with E-state index in [1.165, 1.54) is 16.4 Å². The lowest BCUT2D eigenvalue weighted by atomic mass is 10.1. The van der Waals surface area contributed by atoms with Gasteiger partial charge in [0.15, 0.2) is 0 Å². The Morgan fingerprint density at radius 3 is 2.50 bits per heavy atom. The molecule has 1 aromatic carbocycles. The number of alkyl carbamates (subject to hydrolysis) is 1. The highest BCUT2D eigenvalue weighted by Gasteiger charge is 2.31. The molecule has 1 atom stereocenters. The lowest BCUT2D eigenvalue weighted by Crippen LogP contribution is -2.50. The standard InChI is InChI=1S/C16H25N3O4S/c1-16(2,3)23-15(20)18-13-5-4-10-19(11-13)24(21,22)14-8-6-12(17)7-9-14/h6-9,13H,4-5,10-11,17H2,1-3H3,(H,18,20). The number of nitrogen functional groups attached to an aromatic ring is 1. The Morgan fingerprint density at radius 2 is 1.92 bits per heavy atom. The van der Waals surface area contributed by atoms with Gasteiger partial charge in [0, 0.05) is 24.8 Å². The van der Waals surface area contributed by atoms with Crippen LogP contribution in [0, 0.1) is 0 Å². The monoisotopic (exact) mass is 355 g/mol. The normalized spacial score (nSPS) is 19.7. The summed E-state index contributed by atoms with van der Waals surface area (Å²) < 4.78 is 32.0. The highest BCUT2D eigenvalue weighted by atomic mass is 32.2. The van der Waals surface area contributed by atoms with Gasteiger partial charge in [-0.2, -0.15) is 4.31 Å². The highest BCUT2D eigenvalue weighted by Crippen LogP contribution is 2.22. The molecule has 8 heteroatoms. The number of nitrogens with two attached hydrogens (primary N) is 1. The summed E-state index contributed by atoms with van der Waals surface area (Å²) in [6.07, 6.45) is 0.862. The number of anilines is 1. The first-order valence-corrected chi connectivity index (χ1v) is 9.37. The van der Waals surface area contributed by atoms with Crippen molar-refractivity contribution in [2.75, 3.05) is 18.8 Å². The first kappa shape index (κ1) is 18.5. The zero-order valence-corrected chi connectivity index (χ0v) is 15.1. The van der Waals surface area contributed by atoms with Crippen molar-refractivity contribution in [1.82, 2.24) is 9.62 Å². The Balaban J connectivity index is 2.04. The third kappa shape index (κ3) is 4.85. The number of carbonyl (C=O) groups excluding carboxylic acids is 1. The quantitative estimate of drug-likeness (QED) is 0.807. The first-order chi connectivity index (χ1) is 11.1. The molecule has 0 aromatic heterocycles. The van der Waals surface area contributed by atoms with Gasteiger partial charge in [-0.05, 0) is 57.9 Å². The summed E-state index contributed by atoms with van der Waals surface area (Å²) in [6.45, 7) is 6.01. The second-order valence-electron chi connectivity index (χ2n) is 6.92. The molecular formula is C16H25N3O4S. The number of carbonyl (C=O) groups is 1. The van der Waals surface area contributed by atoms with Gasteiger partial charge in [-0.25, -0.2) is 13.2 Å². The summed E-state index contributed by atoms with van der Waals surface area (Å²) in [5.41, 5.74) is 5.53. The van der Waals surface area contributed by atoms with Crippen LogP contribution >= 0.6 is 0 Å². The van der Waals surface area contributed by atoms with E-state index in [1.807, 2.05) is 0 Å². The van der Waals surface area contributed by atoms with Crippen molar-refractivity contribution in [3.63, 3.8) is 0 Å². The van der Waals surface area contributed by atoms with E-state index in [9.17, 15) is 13.2 Å². The molecule has 1 saturated heterocycles. The zero-order chi connectivity index (χ0) is 18.0. The van der Waals surface area contributed by atoms with Gasteiger partial charge >= 0.3 is 6.09 Å². The molecule has 7 nitrogen and oxygen atoms in total. The molecule has 24 heavy (non-hydrogen) atoms. The largest absolute Gasteiger partial charge is 0.444 e. The summed E-state index contributed by atoms with van der Waals surface area (Å²) >= 11 is 0. The Labute approximate surface area is 143 Å². The molecule has 0 bridgehead atoms. The summed E-state index contributed by atoms with van der Waals surface area (Å²) in [5.74, 6) is 0. The maximum absolute atomic E-state index is 12.7. The van der Waals surface area contributed by atoms with Crippen LogP contribution in [0.1, 0.15) is 33.6 Å². The van der Waals surface area contributed by atoms with Gasteiger partial charge in [0.2, 0.25) is 10.0 Å². The van der Waals surface area contributed by atoms with Gasteiger partial charge in [-0.1, -0.05) is 0 Å². The molecule has 1 amide bonds. The fourth-order valence-corrected chi connectivity index (χ4v) is 4.07. The molecule has 0 radical (unpaired) electrons. The minimum absolute atomic E-state index is 0.203. The van der Waals surface area contributed by atoms with Gasteiger partial charge in [0.25, 0.3) is 0 Å². The van der Waals surface area contributed by atoms with E-state index >= 15 is 0 Å². The molecule has 0 aliphatic carbocycles. The van der Waals surface area contributed by atoms with Crippen LogP contribution in [-0.2, 0) is 14.8 Å². The Kier molecular flexibility index (Phi) is 5.39. The number of rotatable bonds is 3. The molecule has 1 aliphatic heterocycles. The predicted molar refractivity (Wildman–Crippen MR) is 92.0 cm³/mol. The summed E-state index contributed by atoms with van der Waals surface area (Å²) in [6, 6.07) is 5.85. The second-order valence-corrected chi connectivity index (χ2v) is 8.86. The smallest absolute Gasteiger partial charge is 0.407 e. The molecule has 0 spiro atoms. The number of amides is 1. The van der Waals surface area contributed by atoms with Crippen LogP contribution < -0.4 is 11.1 Å². The van der Waals surface area contributed by atoms with Crippen molar-refractivity contribution in [1.29, 1.82) is 0 Å². The van der Waals surface area contributed by atoms with E-state index in [0.29, 0.717) is 25.1 Å². The van der Waals surface area contributed by atoms with Gasteiger partial charge in [0.05, 0.1) is 4.90 Å². The molecule has 1 unspecified atom stereocenters. The topological polar surface area (TPSA) is 102 Å². The van der Waals surface area contributed by atoms with Crippen molar-refractivity contribution in [2.24, 2.45) is 0 Å². The molecule has 1 aliphatic rings. The van der Waals surface area contributed by atoms with E-state index in [-0.39, 0.29) is 17.5 Å². The number of nitrogens with zero attached hydrogens (tertiary/aromatic N) is 1. The third-order valence-electron chi connectivity index (χ3n) is 3.62. The second kappa shape index (κ2) is 6.98. The van der Waals surface area contributed by atoms with E-state index in [4.69, 9.17) is 10.5 Å². The fraction of sp³-hybridized carbons (Fsp3) is 0.562. The molecule has 1 fully saturated rings. The van der Waals surface area contributed by atoms with Crippen molar-refractivity contribution >= 4 is 21.8 Å². The van der Waals surface area contributed by atoms with Crippen LogP contribution in [0.15, 0.2) is 29.2 Å². The summed E-state index contributed by atoms with van der Waals surface area (Å²) in [5, 5.41) is 2.75. The number of sulfonamides is 1. The van der Waals surface area contributed by atoms with Crippen molar-refractivity contribution in [3.8, 4) is 0 Å². The predicted octanol–water partition coefficient (Wildman–Crippen LogP) is 1.95. The Morgan fingerprint density at radius 1 is 1.29 bits per heavy atom. The van der Waals surface area contributed by atoms with Gasteiger partial charge in [-0.15, -0.1) is 0 Å². The van der Waals surface area contributed by atoms with E-state index in [1.54, 1.807) is 32.9 Å². The van der Waals surface area contributed by atoms with E-state index in [0.717, 1.165) is 0 Å². The van der Waals surface area contributed by atoms with Gasteiger partial charge in [-0.3, -0.25) is 0 Å². The molecule has 3 N–H and O–H groups in total. The lowest BCUT2D eigenvalue weighted by molar-refractivity contribution is 0.0487. The average Bonchev–Trinajstić information content (AvgIpc) is 2.46. The molecule has 2 rings (SSSR count). The number of benzene rings is 1. The number of hydrogen-bond donors (Lipinski definition) is 2. The van der Waals surface area contributed by atoms with E-state index < -0.39 is 21.7 Å². The number of nitrogens with one attached hydrogen (secondary N) is 1. The van der Waals surface area contributed by atoms with Crippen molar-refractivity contribution in [2.45, 2.75) is 50.2 Å². The van der Waals surface area contributed by atoms with Crippen LogP contribution in [0.3, 0.4) is 0 Å². The third-order valence-corrected chi connectivity index (χ3v) is 5.50. The van der Waals surface area contributed by atoms with E-state index in [2.05, 4.69) is 5.32 Å². The highest BCUT2D eigenvalue weighted by molar-refractivity contribution is 7.89. The van der Waals surface area contributed by atoms with Crippen LogP contribution in [0.25, 0.3) is 0 Å². The minimum Gasteiger partial charge on any atom is -0.444 e. The number of hydrogen-bond acceptors (Lipinski definition) is 5. The molecule has 1 heterocycles. The Bertz CT molecular complexity index is 680. The van der Waals surface area contributed by atoms with Crippen LogP contribution in [-0.4, -0.2) is 43.5 Å². The maximum atomic E-state index is 12.7. The number of ether oxygens (including phenoxy) is 1. The zero-order valence-electron chi connectivity index (χ0n) is 14.3. The Hall–Kier alpha value is -1.80. The molecule has 134 valence electrons. The first-order valence-electron chi connectivity index (χ1n) is 7.93. The number of piperidine rings is 1. The van der Waals surface area contributed by atoms with Crippen molar-refractivity contribution in [3.05, 3.63) is 24.3 Å². The summed E-state index contributed by atoms with van der Waals surface area (Å²) in [4.78, 5) is 12.1. The van der Waals surface area contributed by atoms with Crippen molar-refractivity contribution < 1.29 is 17.9 Å². The molecule has 0 saturated carbocycles. The van der Waals surface area contributed by atoms with Crippen LogP contribution in [0.2, 0.25) is 0 Å². The van der Waals surface area contributed by atoms with Crippen LogP contribution in [0.5, 0.6) is 0 Å². The summed E-state index contributed by atoms with van der Waals surface area (Å²) in [7, 11) is -3.60. The SMILES string of the molecule is CC(C)(C)OC(=O)NC1CCCN(S(=O)(=O)c2ccc(N)cc2)C1. The van der Waals surface area contributed by atoms with Crippen LogP contribution in [0.4, 0.5) is 10.5 Å². The average molecular weight is 355 g/mol. The fourth-order valence-electron chi connectivity index (χ4n) is 2.54. The molecular weight excluding hydrogens is 330 g/mol. The molecule has 1 aromatic rings. The van der Waals surface area contributed by atoms with Gasteiger partial charge in [0.1, 0.15) is 5.60 Å². The van der Waals surface area contributed by atoms with Gasteiger partial charge < -0.3 is 15.8 Å². The lowest BCUT2D eigenvalue weighted by Gasteiger charge is -2.32. The maximum Gasteiger partial charge on any atom is 0.407 e.